The summed E-state index contributed by atoms with van der Waals surface area (Å²) >= 11 is 2.20. The third-order valence-electron chi connectivity index (χ3n) is 4.29. The van der Waals surface area contributed by atoms with Crippen LogP contribution in [0, 0.1) is 12.7 Å². The van der Waals surface area contributed by atoms with Crippen LogP contribution in [-0.4, -0.2) is 15.4 Å². The molecule has 1 amide bonds. The minimum atomic E-state index is -0.489. The molecule has 0 fully saturated rings. The number of benzene rings is 1. The lowest BCUT2D eigenvalue weighted by Crippen LogP contribution is -2.48. The van der Waals surface area contributed by atoms with Gasteiger partial charge in [0.2, 0.25) is 5.91 Å². The first-order valence-electron chi connectivity index (χ1n) is 9.01. The van der Waals surface area contributed by atoms with Crippen LogP contribution in [0.1, 0.15) is 71.8 Å². The largest absolute Gasteiger partial charge is 0.308 e. The fraction of sp³-hybridized carbons (Fsp3) is 0.650. The molecule has 0 saturated heterocycles. The van der Waals surface area contributed by atoms with Gasteiger partial charge >= 0.3 is 0 Å². The minimum absolute atomic E-state index is 0.103. The molecule has 0 spiro atoms. The highest BCUT2D eigenvalue weighted by Gasteiger charge is 2.34. The average Bonchev–Trinajstić information content (AvgIpc) is 2.51. The molecule has 0 aliphatic heterocycles. The lowest BCUT2D eigenvalue weighted by atomic mass is 9.99. The van der Waals surface area contributed by atoms with Crippen molar-refractivity contribution in [2.45, 2.75) is 82.6 Å². The number of nitrogens with zero attached hydrogens (tertiary/aromatic N) is 1. The van der Waals surface area contributed by atoms with Crippen molar-refractivity contribution in [2.24, 2.45) is 0 Å². The van der Waals surface area contributed by atoms with Gasteiger partial charge in [-0.3, -0.25) is 4.79 Å². The van der Waals surface area contributed by atoms with Gasteiger partial charge in [-0.25, -0.2) is 4.39 Å². The lowest BCUT2D eigenvalue weighted by Gasteiger charge is -2.36. The number of aryl methyl sites for hydroxylation is 1. The van der Waals surface area contributed by atoms with E-state index < -0.39 is 3.42 Å². The summed E-state index contributed by atoms with van der Waals surface area (Å²) in [5.41, 5.74) is 1.40. The lowest BCUT2D eigenvalue weighted by molar-refractivity contribution is -0.120. The maximum Gasteiger partial charge on any atom is 0.242 e. The summed E-state index contributed by atoms with van der Waals surface area (Å²) in [5.74, 6) is -0.120. The molecule has 0 unspecified atom stereocenters. The molecule has 0 aliphatic carbocycles. The Morgan fingerprint density at radius 1 is 1.21 bits per heavy atom. The first-order valence-corrected chi connectivity index (χ1v) is 10.1. The molecule has 0 aliphatic rings. The van der Waals surface area contributed by atoms with E-state index >= 15 is 0 Å². The second-order valence-electron chi connectivity index (χ2n) is 7.02. The van der Waals surface area contributed by atoms with Crippen molar-refractivity contribution in [1.29, 1.82) is 0 Å². The van der Waals surface area contributed by atoms with Crippen molar-refractivity contribution in [3.8, 4) is 0 Å². The maximum absolute atomic E-state index is 13.7. The summed E-state index contributed by atoms with van der Waals surface area (Å²) in [6, 6.07) is 5.20. The molecule has 0 aromatic heterocycles. The number of hydrogen-bond donors (Lipinski definition) is 0. The molecule has 1 aromatic carbocycles. The van der Waals surface area contributed by atoms with E-state index in [9.17, 15) is 9.18 Å². The van der Waals surface area contributed by atoms with Gasteiger partial charge in [0.25, 0.3) is 0 Å². The van der Waals surface area contributed by atoms with Crippen molar-refractivity contribution >= 4 is 34.2 Å². The molecule has 0 bridgehead atoms. The molecule has 136 valence electrons. The Labute approximate surface area is 160 Å². The van der Waals surface area contributed by atoms with Crippen LogP contribution in [-0.2, 0) is 4.79 Å². The summed E-state index contributed by atoms with van der Waals surface area (Å²) in [6.07, 6.45) is 6.40. The average molecular weight is 447 g/mol. The fourth-order valence-electron chi connectivity index (χ4n) is 2.84. The number of amides is 1. The number of rotatable bonds is 9. The van der Waals surface area contributed by atoms with Gasteiger partial charge in [-0.05, 0) is 57.4 Å². The molecule has 0 radical (unpaired) electrons. The van der Waals surface area contributed by atoms with Crippen LogP contribution in [0.25, 0.3) is 0 Å². The highest BCUT2D eigenvalue weighted by molar-refractivity contribution is 14.1. The molecule has 0 heterocycles. The van der Waals surface area contributed by atoms with Gasteiger partial charge in [-0.1, -0.05) is 62.1 Å². The van der Waals surface area contributed by atoms with Gasteiger partial charge in [-0.15, -0.1) is 0 Å². The van der Waals surface area contributed by atoms with Gasteiger partial charge in [0.1, 0.15) is 5.82 Å². The van der Waals surface area contributed by atoms with E-state index in [2.05, 4.69) is 36.4 Å². The van der Waals surface area contributed by atoms with Crippen LogP contribution in [0.5, 0.6) is 0 Å². The molecule has 0 atom stereocenters. The second-order valence-corrected chi connectivity index (χ2v) is 9.72. The van der Waals surface area contributed by atoms with E-state index in [4.69, 9.17) is 0 Å². The second kappa shape index (κ2) is 9.73. The van der Waals surface area contributed by atoms with Crippen LogP contribution in [0.2, 0.25) is 0 Å². The molecule has 24 heavy (non-hydrogen) atoms. The van der Waals surface area contributed by atoms with Crippen LogP contribution < -0.4 is 4.90 Å². The first kappa shape index (κ1) is 21.4. The Bertz CT molecular complexity index is 531. The zero-order valence-electron chi connectivity index (χ0n) is 15.7. The monoisotopic (exact) mass is 447 g/mol. The summed E-state index contributed by atoms with van der Waals surface area (Å²) in [4.78, 5) is 15.1. The van der Waals surface area contributed by atoms with Crippen molar-refractivity contribution in [3.05, 3.63) is 29.6 Å². The molecular weight excluding hydrogens is 416 g/mol. The van der Waals surface area contributed by atoms with Gasteiger partial charge in [0.15, 0.2) is 0 Å². The van der Waals surface area contributed by atoms with Crippen LogP contribution in [0.3, 0.4) is 0 Å². The summed E-state index contributed by atoms with van der Waals surface area (Å²) in [5, 5.41) is 0. The van der Waals surface area contributed by atoms with E-state index in [1.807, 2.05) is 18.7 Å². The Hall–Kier alpha value is -0.650. The van der Waals surface area contributed by atoms with E-state index in [0.29, 0.717) is 5.56 Å². The fourth-order valence-corrected chi connectivity index (χ4v) is 3.10. The standard InChI is InChI=1S/C20H31FINO/c1-6-8-10-16(11-9-7-2)23(19(24)20(4,5)22)17-12-13-18(21)15(3)14-17/h12-14,16H,6-11H2,1-5H3. The third kappa shape index (κ3) is 6.01. The third-order valence-corrected chi connectivity index (χ3v) is 4.76. The predicted molar refractivity (Wildman–Crippen MR) is 110 cm³/mol. The topological polar surface area (TPSA) is 20.3 Å². The Balaban J connectivity index is 3.27. The molecule has 0 saturated carbocycles. The number of alkyl halides is 1. The number of halogens is 2. The summed E-state index contributed by atoms with van der Waals surface area (Å²) in [7, 11) is 0. The van der Waals surface area contributed by atoms with Gasteiger partial charge in [0.05, 0.1) is 3.42 Å². The van der Waals surface area contributed by atoms with Crippen molar-refractivity contribution < 1.29 is 9.18 Å². The van der Waals surface area contributed by atoms with Crippen LogP contribution >= 0.6 is 22.6 Å². The zero-order chi connectivity index (χ0) is 18.3. The van der Waals surface area contributed by atoms with E-state index in [1.54, 1.807) is 19.1 Å². The Morgan fingerprint density at radius 3 is 2.17 bits per heavy atom. The number of hydrogen-bond acceptors (Lipinski definition) is 1. The van der Waals surface area contributed by atoms with E-state index in [0.717, 1.165) is 44.2 Å². The molecule has 2 nitrogen and oxygen atoms in total. The summed E-state index contributed by atoms with van der Waals surface area (Å²) in [6.45, 7) is 9.98. The zero-order valence-corrected chi connectivity index (χ0v) is 17.8. The van der Waals surface area contributed by atoms with E-state index in [-0.39, 0.29) is 17.8 Å². The van der Waals surface area contributed by atoms with Crippen molar-refractivity contribution in [1.82, 2.24) is 0 Å². The SMILES string of the molecule is CCCCC(CCCC)N(C(=O)C(C)(C)I)c1ccc(F)c(C)c1. The molecule has 1 rings (SSSR count). The molecule has 4 heteroatoms. The quantitative estimate of drug-likeness (QED) is 0.316. The van der Waals surface area contributed by atoms with Crippen LogP contribution in [0.15, 0.2) is 18.2 Å². The number of carbonyl (C=O) groups excluding carboxylic acids is 1. The Kier molecular flexibility index (Phi) is 8.68. The Morgan fingerprint density at radius 2 is 1.75 bits per heavy atom. The van der Waals surface area contributed by atoms with Gasteiger partial charge < -0.3 is 4.90 Å². The first-order chi connectivity index (χ1) is 11.2. The molecule has 1 aromatic rings. The van der Waals surface area contributed by atoms with Crippen LogP contribution in [0.4, 0.5) is 10.1 Å². The van der Waals surface area contributed by atoms with Crippen molar-refractivity contribution in [3.63, 3.8) is 0 Å². The van der Waals surface area contributed by atoms with Gasteiger partial charge in [-0.2, -0.15) is 0 Å². The van der Waals surface area contributed by atoms with E-state index in [1.165, 1.54) is 6.07 Å². The number of unbranched alkanes of at least 4 members (excludes halogenated alkanes) is 2. The van der Waals surface area contributed by atoms with Crippen molar-refractivity contribution in [2.75, 3.05) is 4.90 Å². The smallest absolute Gasteiger partial charge is 0.242 e. The van der Waals surface area contributed by atoms with Gasteiger partial charge in [0, 0.05) is 11.7 Å². The molecule has 0 N–H and O–H groups in total. The minimum Gasteiger partial charge on any atom is -0.308 e. The molecular formula is C20H31FINO. The normalized spacial score (nSPS) is 11.8. The highest BCUT2D eigenvalue weighted by Crippen LogP contribution is 2.31. The predicted octanol–water partition coefficient (Wildman–Crippen LogP) is 6.43. The summed E-state index contributed by atoms with van der Waals surface area (Å²) < 4.78 is 13.2. The number of anilines is 1. The highest BCUT2D eigenvalue weighted by atomic mass is 127. The maximum atomic E-state index is 13.7. The number of carbonyl (C=O) groups is 1.